The minimum atomic E-state index is -3.63. The fourth-order valence-corrected chi connectivity index (χ4v) is 4.46. The van der Waals surface area contributed by atoms with E-state index < -0.39 is 15.9 Å². The molecule has 0 aliphatic carbocycles. The number of piperidine rings is 1. The van der Waals surface area contributed by atoms with E-state index in [1.54, 1.807) is 0 Å². The summed E-state index contributed by atoms with van der Waals surface area (Å²) in [4.78, 5) is 27.1. The van der Waals surface area contributed by atoms with Crippen LogP contribution in [0.25, 0.3) is 0 Å². The van der Waals surface area contributed by atoms with Crippen LogP contribution >= 0.6 is 0 Å². The summed E-state index contributed by atoms with van der Waals surface area (Å²) in [5.74, 6) is -0.732. The molecule has 0 aromatic heterocycles. The van der Waals surface area contributed by atoms with Crippen LogP contribution in [0.1, 0.15) is 49.4 Å². The normalized spacial score (nSPS) is 17.7. The van der Waals surface area contributed by atoms with Crippen LogP contribution in [0.3, 0.4) is 0 Å². The molecule has 1 aromatic carbocycles. The monoisotopic (exact) mass is 438 g/mol. The number of rotatable bonds is 10. The van der Waals surface area contributed by atoms with E-state index in [0.717, 1.165) is 36.7 Å². The van der Waals surface area contributed by atoms with Gasteiger partial charge in [0.15, 0.2) is 0 Å². The van der Waals surface area contributed by atoms with Gasteiger partial charge in [0.2, 0.25) is 15.9 Å². The van der Waals surface area contributed by atoms with Crippen molar-refractivity contribution in [3.8, 4) is 0 Å². The van der Waals surface area contributed by atoms with Gasteiger partial charge in [-0.15, -0.1) is 0 Å². The maximum Gasteiger partial charge on any atom is 0.251 e. The summed E-state index contributed by atoms with van der Waals surface area (Å²) >= 11 is 0. The van der Waals surface area contributed by atoms with E-state index in [9.17, 15) is 18.0 Å². The van der Waals surface area contributed by atoms with E-state index in [2.05, 4.69) is 22.5 Å². The molecule has 1 aliphatic heterocycles. The smallest absolute Gasteiger partial charge is 0.251 e. The summed E-state index contributed by atoms with van der Waals surface area (Å²) in [6.45, 7) is 4.73. The van der Waals surface area contributed by atoms with Crippen molar-refractivity contribution in [3.05, 3.63) is 29.8 Å². The number of likely N-dealkylation sites (tertiary alicyclic amines) is 1. The number of sulfonamides is 1. The van der Waals surface area contributed by atoms with Crippen molar-refractivity contribution in [2.45, 2.75) is 50.0 Å². The lowest BCUT2D eigenvalue weighted by atomic mass is 10.0. The molecule has 1 heterocycles. The Hall–Kier alpha value is -1.97. The Balaban J connectivity index is 1.85. The largest absolute Gasteiger partial charge is 0.353 e. The third kappa shape index (κ3) is 6.78. The number of benzene rings is 1. The molecule has 1 saturated heterocycles. The molecule has 0 radical (unpaired) electrons. The van der Waals surface area contributed by atoms with Gasteiger partial charge in [0.1, 0.15) is 0 Å². The van der Waals surface area contributed by atoms with Crippen LogP contribution in [0.4, 0.5) is 0 Å². The fourth-order valence-electron chi connectivity index (χ4n) is 3.51. The highest BCUT2D eigenvalue weighted by Crippen LogP contribution is 2.17. The molecule has 1 atom stereocenters. The molecule has 2 N–H and O–H groups in total. The lowest BCUT2D eigenvalue weighted by Crippen LogP contribution is -2.48. The van der Waals surface area contributed by atoms with Crippen molar-refractivity contribution >= 4 is 21.8 Å². The zero-order chi connectivity index (χ0) is 22.1. The van der Waals surface area contributed by atoms with Gasteiger partial charge in [-0.3, -0.25) is 14.5 Å². The number of unbranched alkanes of at least 4 members (excludes halogenated alkanes) is 1. The highest BCUT2D eigenvalue weighted by Gasteiger charge is 2.22. The van der Waals surface area contributed by atoms with Gasteiger partial charge >= 0.3 is 0 Å². The van der Waals surface area contributed by atoms with Gasteiger partial charge in [-0.1, -0.05) is 25.8 Å². The lowest BCUT2D eigenvalue weighted by Gasteiger charge is -2.35. The van der Waals surface area contributed by atoms with E-state index in [-0.39, 0.29) is 22.9 Å². The molecule has 1 unspecified atom stereocenters. The molecule has 2 amide bonds. The van der Waals surface area contributed by atoms with E-state index in [0.29, 0.717) is 12.6 Å². The zero-order valence-corrected chi connectivity index (χ0v) is 19.0. The molecular weight excluding hydrogens is 404 g/mol. The number of hydrogen-bond acceptors (Lipinski definition) is 5. The van der Waals surface area contributed by atoms with Crippen LogP contribution in [0.2, 0.25) is 0 Å². The van der Waals surface area contributed by atoms with Crippen molar-refractivity contribution < 1.29 is 18.0 Å². The molecule has 2 rings (SSSR count). The van der Waals surface area contributed by atoms with Crippen molar-refractivity contribution in [3.63, 3.8) is 0 Å². The standard InChI is InChI=1S/C21H34N4O4S/c1-4-5-12-25-13-7-6-10-18(25)15-22-20(26)16-23-21(27)17-9-8-11-19(14-17)30(28,29)24(2)3/h8-9,11,14,18H,4-7,10,12-13,15-16H2,1-3H3,(H,22,26)(H,23,27). The second-order valence-electron chi connectivity index (χ2n) is 7.84. The van der Waals surface area contributed by atoms with Crippen molar-refractivity contribution in [2.24, 2.45) is 0 Å². The zero-order valence-electron chi connectivity index (χ0n) is 18.2. The molecule has 1 fully saturated rings. The number of amides is 2. The van der Waals surface area contributed by atoms with Crippen LogP contribution in [0.5, 0.6) is 0 Å². The molecule has 9 heteroatoms. The Morgan fingerprint density at radius 2 is 1.97 bits per heavy atom. The first kappa shape index (κ1) is 24.3. The van der Waals surface area contributed by atoms with E-state index in [1.807, 2.05) is 0 Å². The Morgan fingerprint density at radius 1 is 1.20 bits per heavy atom. The summed E-state index contributed by atoms with van der Waals surface area (Å²) in [6, 6.07) is 6.14. The fraction of sp³-hybridized carbons (Fsp3) is 0.619. The second kappa shape index (κ2) is 11.4. The summed E-state index contributed by atoms with van der Waals surface area (Å²) < 4.78 is 25.5. The van der Waals surface area contributed by atoms with Crippen LogP contribution < -0.4 is 10.6 Å². The number of hydrogen-bond donors (Lipinski definition) is 2. The first-order chi connectivity index (χ1) is 14.3. The predicted molar refractivity (Wildman–Crippen MR) is 117 cm³/mol. The van der Waals surface area contributed by atoms with Gasteiger partial charge in [-0.25, -0.2) is 12.7 Å². The van der Waals surface area contributed by atoms with Crippen LogP contribution in [0.15, 0.2) is 29.2 Å². The Morgan fingerprint density at radius 3 is 2.67 bits per heavy atom. The maximum absolute atomic E-state index is 12.4. The van der Waals surface area contributed by atoms with E-state index in [4.69, 9.17) is 0 Å². The number of nitrogens with one attached hydrogen (secondary N) is 2. The highest BCUT2D eigenvalue weighted by molar-refractivity contribution is 7.89. The SMILES string of the molecule is CCCCN1CCCCC1CNC(=O)CNC(=O)c1cccc(S(=O)(=O)N(C)C)c1. The molecule has 1 aromatic rings. The van der Waals surface area contributed by atoms with Gasteiger partial charge in [-0.05, 0) is 50.6 Å². The van der Waals surface area contributed by atoms with Crippen molar-refractivity contribution in [2.75, 3.05) is 40.3 Å². The molecule has 8 nitrogen and oxygen atoms in total. The summed E-state index contributed by atoms with van der Waals surface area (Å²) in [6.07, 6.45) is 5.75. The molecule has 168 valence electrons. The summed E-state index contributed by atoms with van der Waals surface area (Å²) in [7, 11) is -0.763. The van der Waals surface area contributed by atoms with Gasteiger partial charge in [0, 0.05) is 32.2 Å². The molecule has 0 spiro atoms. The second-order valence-corrected chi connectivity index (χ2v) is 9.99. The van der Waals surface area contributed by atoms with Crippen molar-refractivity contribution in [1.82, 2.24) is 19.8 Å². The van der Waals surface area contributed by atoms with Crippen molar-refractivity contribution in [1.29, 1.82) is 0 Å². The van der Waals surface area contributed by atoms with Gasteiger partial charge in [0.05, 0.1) is 11.4 Å². The molecule has 0 saturated carbocycles. The summed E-state index contributed by atoms with van der Waals surface area (Å²) in [5, 5.41) is 5.49. The lowest BCUT2D eigenvalue weighted by molar-refractivity contribution is -0.120. The van der Waals surface area contributed by atoms with Crippen LogP contribution in [-0.2, 0) is 14.8 Å². The highest BCUT2D eigenvalue weighted by atomic mass is 32.2. The first-order valence-electron chi connectivity index (χ1n) is 10.6. The topological polar surface area (TPSA) is 98.8 Å². The third-order valence-electron chi connectivity index (χ3n) is 5.37. The van der Waals surface area contributed by atoms with Crippen LogP contribution in [0, 0.1) is 0 Å². The predicted octanol–water partition coefficient (Wildman–Crippen LogP) is 1.44. The minimum Gasteiger partial charge on any atom is -0.353 e. The third-order valence-corrected chi connectivity index (χ3v) is 7.18. The Bertz CT molecular complexity index is 826. The molecule has 30 heavy (non-hydrogen) atoms. The Labute approximate surface area is 180 Å². The molecule has 0 bridgehead atoms. The Kier molecular flexibility index (Phi) is 9.26. The summed E-state index contributed by atoms with van der Waals surface area (Å²) in [5.41, 5.74) is 0.198. The van der Waals surface area contributed by atoms with Gasteiger partial charge in [-0.2, -0.15) is 0 Å². The van der Waals surface area contributed by atoms with Gasteiger partial charge in [0.25, 0.3) is 5.91 Å². The average molecular weight is 439 g/mol. The van der Waals surface area contributed by atoms with Gasteiger partial charge < -0.3 is 10.6 Å². The molecular formula is C21H34N4O4S. The van der Waals surface area contributed by atoms with E-state index >= 15 is 0 Å². The average Bonchev–Trinajstić information content (AvgIpc) is 2.75. The van der Waals surface area contributed by atoms with E-state index in [1.165, 1.54) is 51.2 Å². The quantitative estimate of drug-likeness (QED) is 0.576. The molecule has 1 aliphatic rings. The number of carbonyl (C=O) groups excluding carboxylic acids is 2. The van der Waals surface area contributed by atoms with Crippen LogP contribution in [-0.4, -0.2) is 75.8 Å². The maximum atomic E-state index is 12.4. The first-order valence-corrected chi connectivity index (χ1v) is 12.0. The minimum absolute atomic E-state index is 0.0362. The number of nitrogens with zero attached hydrogens (tertiary/aromatic N) is 2. The number of carbonyl (C=O) groups is 2.